The molecule has 3 N–H and O–H groups in total. The number of rotatable bonds is 7. The molecule has 1 saturated carbocycles. The summed E-state index contributed by atoms with van der Waals surface area (Å²) in [4.78, 5) is 38.6. The predicted molar refractivity (Wildman–Crippen MR) is 180 cm³/mol. The number of hydrogen-bond donors (Lipinski definition) is 3. The third-order valence-corrected chi connectivity index (χ3v) is 9.58. The van der Waals surface area contributed by atoms with Crippen LogP contribution in [0, 0.1) is 12.7 Å². The van der Waals surface area contributed by atoms with Gasteiger partial charge in [-0.2, -0.15) is 26.3 Å². The van der Waals surface area contributed by atoms with E-state index in [0.717, 1.165) is 53.8 Å². The Bertz CT molecular complexity index is 1850. The Labute approximate surface area is 302 Å². The summed E-state index contributed by atoms with van der Waals surface area (Å²) in [5, 5.41) is 18.1. The first-order chi connectivity index (χ1) is 24.3. The molecule has 5 rings (SSSR count). The second-order valence-corrected chi connectivity index (χ2v) is 12.8. The van der Waals surface area contributed by atoms with Gasteiger partial charge in [-0.15, -0.1) is 11.3 Å². The van der Waals surface area contributed by atoms with Crippen molar-refractivity contribution in [3.63, 3.8) is 0 Å². The lowest BCUT2D eigenvalue weighted by Gasteiger charge is -2.37. The molecule has 1 aliphatic carbocycles. The summed E-state index contributed by atoms with van der Waals surface area (Å²) >= 11 is 7.90. The largest absolute Gasteiger partial charge is 0.496 e. The first-order valence-corrected chi connectivity index (χ1v) is 16.5. The SMILES string of the molecule is CNC1CCC(N(Cc2cc(-c3ccnc(C)c3)ccc2OC)C(=O)c2sc3cccc(F)c3c2Cl)CC1.O=C(O)C(F)(F)F.O=C(O)C(F)(F)F. The molecule has 9 nitrogen and oxygen atoms in total. The van der Waals surface area contributed by atoms with Gasteiger partial charge < -0.3 is 25.2 Å². The van der Waals surface area contributed by atoms with Crippen molar-refractivity contribution in [2.45, 2.75) is 63.6 Å². The molecule has 0 spiro atoms. The maximum atomic E-state index is 14.6. The van der Waals surface area contributed by atoms with E-state index in [2.05, 4.69) is 16.4 Å². The number of carbonyl (C=O) groups is 3. The van der Waals surface area contributed by atoms with Gasteiger partial charge in [0, 0.05) is 46.2 Å². The number of hydrogen-bond acceptors (Lipinski definition) is 7. The number of ether oxygens (including phenoxy) is 1. The molecule has 4 aromatic rings. The standard InChI is InChI=1S/C30H31ClFN3O2S.2C2HF3O2/c1-18-15-20(13-14-34-18)19-7-12-25(37-3)21(16-19)17-35(23-10-8-22(33-2)9-11-23)30(36)29-28(31)27-24(32)5-4-6-26(27)38-29;2*3-2(4,5)1(6)7/h4-7,12-16,22-23,33H,8-11,17H2,1-3H3;2*(H,6,7). The van der Waals surface area contributed by atoms with Gasteiger partial charge in [-0.25, -0.2) is 14.0 Å². The number of aromatic nitrogens is 1. The van der Waals surface area contributed by atoms with Crippen LogP contribution in [0.3, 0.4) is 0 Å². The van der Waals surface area contributed by atoms with Crippen molar-refractivity contribution < 1.29 is 60.1 Å². The topological polar surface area (TPSA) is 129 Å². The molecule has 2 heterocycles. The van der Waals surface area contributed by atoms with Crippen LogP contribution < -0.4 is 10.1 Å². The van der Waals surface area contributed by atoms with Gasteiger partial charge in [0.2, 0.25) is 0 Å². The summed E-state index contributed by atoms with van der Waals surface area (Å²) in [6.45, 7) is 2.33. The van der Waals surface area contributed by atoms with Crippen LogP contribution in [0.15, 0.2) is 54.7 Å². The average molecular weight is 780 g/mol. The third kappa shape index (κ3) is 11.0. The Morgan fingerprint density at radius 2 is 1.54 bits per heavy atom. The lowest BCUT2D eigenvalue weighted by atomic mass is 9.89. The number of fused-ring (bicyclic) bond motifs is 1. The predicted octanol–water partition coefficient (Wildman–Crippen LogP) is 8.51. The first kappa shape index (κ1) is 41.9. The van der Waals surface area contributed by atoms with E-state index in [1.807, 2.05) is 43.1 Å². The van der Waals surface area contributed by atoms with Crippen LogP contribution in [-0.2, 0) is 16.1 Å². The second-order valence-electron chi connectivity index (χ2n) is 11.4. The number of nitrogens with zero attached hydrogens (tertiary/aromatic N) is 2. The van der Waals surface area contributed by atoms with E-state index in [9.17, 15) is 35.5 Å². The van der Waals surface area contributed by atoms with Crippen LogP contribution in [0.2, 0.25) is 5.02 Å². The molecule has 52 heavy (non-hydrogen) atoms. The van der Waals surface area contributed by atoms with Gasteiger partial charge in [0.25, 0.3) is 5.91 Å². The van der Waals surface area contributed by atoms with Crippen LogP contribution in [0.25, 0.3) is 21.2 Å². The molecule has 18 heteroatoms. The molecule has 0 radical (unpaired) electrons. The molecule has 0 aliphatic heterocycles. The van der Waals surface area contributed by atoms with Crippen LogP contribution in [0.4, 0.5) is 30.7 Å². The fourth-order valence-corrected chi connectivity index (χ4v) is 6.88. The van der Waals surface area contributed by atoms with Crippen LogP contribution in [0.5, 0.6) is 5.75 Å². The number of amides is 1. The summed E-state index contributed by atoms with van der Waals surface area (Å²) in [5.74, 6) is -5.38. The number of nitrogens with one attached hydrogen (secondary N) is 1. The Kier molecular flexibility index (Phi) is 14.4. The van der Waals surface area contributed by atoms with E-state index in [4.69, 9.17) is 36.1 Å². The minimum Gasteiger partial charge on any atom is -0.496 e. The van der Waals surface area contributed by atoms with Crippen molar-refractivity contribution in [1.82, 2.24) is 15.2 Å². The van der Waals surface area contributed by atoms with Crippen molar-refractivity contribution in [1.29, 1.82) is 0 Å². The summed E-state index contributed by atoms with van der Waals surface area (Å²) in [5.41, 5.74) is 3.92. The number of carboxylic acids is 2. The molecule has 1 aliphatic rings. The molecule has 2 aromatic carbocycles. The molecule has 1 fully saturated rings. The van der Waals surface area contributed by atoms with Crippen molar-refractivity contribution in [2.24, 2.45) is 0 Å². The molecule has 282 valence electrons. The maximum absolute atomic E-state index is 14.6. The summed E-state index contributed by atoms with van der Waals surface area (Å²) < 4.78 is 84.5. The highest BCUT2D eigenvalue weighted by atomic mass is 35.5. The number of aryl methyl sites for hydroxylation is 1. The molecule has 0 bridgehead atoms. The van der Waals surface area contributed by atoms with Gasteiger partial charge in [0.1, 0.15) is 16.4 Å². The number of methoxy groups -OCH3 is 1. The van der Waals surface area contributed by atoms with Gasteiger partial charge in [-0.05, 0) is 87.2 Å². The average Bonchev–Trinajstić information content (AvgIpc) is 3.43. The van der Waals surface area contributed by atoms with E-state index in [1.165, 1.54) is 17.4 Å². The number of benzene rings is 2. The van der Waals surface area contributed by atoms with E-state index < -0.39 is 30.1 Å². The van der Waals surface area contributed by atoms with E-state index in [-0.39, 0.29) is 17.0 Å². The molecule has 0 unspecified atom stereocenters. The van der Waals surface area contributed by atoms with Gasteiger partial charge in [0.15, 0.2) is 0 Å². The smallest absolute Gasteiger partial charge is 0.490 e. The number of pyridine rings is 1. The van der Waals surface area contributed by atoms with E-state index in [1.54, 1.807) is 25.4 Å². The van der Waals surface area contributed by atoms with Gasteiger partial charge in [0.05, 0.1) is 12.1 Å². The molecule has 2 aromatic heterocycles. The van der Waals surface area contributed by atoms with Crippen LogP contribution in [-0.4, -0.2) is 76.5 Å². The Morgan fingerprint density at radius 1 is 0.962 bits per heavy atom. The zero-order valence-electron chi connectivity index (χ0n) is 27.7. The van der Waals surface area contributed by atoms with E-state index >= 15 is 0 Å². The summed E-state index contributed by atoms with van der Waals surface area (Å²) in [7, 11) is 3.63. The van der Waals surface area contributed by atoms with Crippen molar-refractivity contribution in [2.75, 3.05) is 14.2 Å². The highest BCUT2D eigenvalue weighted by molar-refractivity contribution is 7.21. The summed E-state index contributed by atoms with van der Waals surface area (Å²) in [6, 6.07) is 15.4. The summed E-state index contributed by atoms with van der Waals surface area (Å²) in [6.07, 6.45) is -4.66. The van der Waals surface area contributed by atoms with Gasteiger partial charge in [-0.3, -0.25) is 9.78 Å². The number of thiophene rings is 1. The normalized spacial score (nSPS) is 15.8. The highest BCUT2D eigenvalue weighted by Gasteiger charge is 2.39. The van der Waals surface area contributed by atoms with Gasteiger partial charge in [-0.1, -0.05) is 23.7 Å². The molecular formula is C34H33ClF7N3O6S. The quantitative estimate of drug-likeness (QED) is 0.159. The minimum absolute atomic E-state index is 0.0368. The van der Waals surface area contributed by atoms with Gasteiger partial charge >= 0.3 is 24.3 Å². The number of carboxylic acid groups (broad SMARTS) is 2. The Balaban J connectivity index is 0.000000441. The van der Waals surface area contributed by atoms with Crippen LogP contribution in [0.1, 0.15) is 46.6 Å². The number of aliphatic carboxylic acids is 2. The zero-order valence-corrected chi connectivity index (χ0v) is 29.3. The molecule has 0 saturated heterocycles. The van der Waals surface area contributed by atoms with Crippen molar-refractivity contribution in [3.05, 3.63) is 81.7 Å². The lowest BCUT2D eigenvalue weighted by Crippen LogP contribution is -2.44. The van der Waals surface area contributed by atoms with E-state index in [0.29, 0.717) is 27.5 Å². The minimum atomic E-state index is -5.08. The zero-order chi connectivity index (χ0) is 39.0. The van der Waals surface area contributed by atoms with Crippen molar-refractivity contribution >= 4 is 50.9 Å². The molecule has 0 atom stereocenters. The molecular weight excluding hydrogens is 747 g/mol. The van der Waals surface area contributed by atoms with Crippen LogP contribution >= 0.6 is 22.9 Å². The second kappa shape index (κ2) is 17.8. The third-order valence-electron chi connectivity index (χ3n) is 7.94. The monoisotopic (exact) mass is 779 g/mol. The highest BCUT2D eigenvalue weighted by Crippen LogP contribution is 2.39. The fraction of sp³-hybridized carbons (Fsp3) is 0.353. The number of alkyl halides is 6. The van der Waals surface area contributed by atoms with Crippen molar-refractivity contribution in [3.8, 4) is 16.9 Å². The first-order valence-electron chi connectivity index (χ1n) is 15.3. The number of halogens is 8. The molecule has 1 amide bonds. The Hall–Kier alpha value is -4.48. The maximum Gasteiger partial charge on any atom is 0.490 e. The Morgan fingerprint density at radius 3 is 2.04 bits per heavy atom. The fourth-order valence-electron chi connectivity index (χ4n) is 5.37. The number of carbonyl (C=O) groups excluding carboxylic acids is 1. The lowest BCUT2D eigenvalue weighted by molar-refractivity contribution is -0.193.